The number of para-hydroxylation sites is 2. The van der Waals surface area contributed by atoms with Crippen LogP contribution in [0.4, 0.5) is 11.4 Å². The molecule has 2 aliphatic heterocycles. The minimum Gasteiger partial charge on any atom is -0.370 e. The number of rotatable bonds is 5. The number of piperidine rings is 1. The maximum absolute atomic E-state index is 12.3. The van der Waals surface area contributed by atoms with Crippen LogP contribution in [0.5, 0.6) is 0 Å². The van der Waals surface area contributed by atoms with Gasteiger partial charge in [0.05, 0.1) is 11.4 Å². The zero-order chi connectivity index (χ0) is 15.2. The van der Waals surface area contributed by atoms with E-state index in [1.807, 2.05) is 12.1 Å². The molecule has 2 saturated heterocycles. The quantitative estimate of drug-likeness (QED) is 0.878. The van der Waals surface area contributed by atoms with Crippen LogP contribution in [0.1, 0.15) is 38.5 Å². The number of nitrogens with zero attached hydrogens (tertiary/aromatic N) is 1. The lowest BCUT2D eigenvalue weighted by Gasteiger charge is -2.23. The number of anilines is 2. The third kappa shape index (κ3) is 4.01. The van der Waals surface area contributed by atoms with Crippen molar-refractivity contribution in [3.63, 3.8) is 0 Å². The average molecular weight is 301 g/mol. The summed E-state index contributed by atoms with van der Waals surface area (Å²) in [5, 5.41) is 6.51. The van der Waals surface area contributed by atoms with Gasteiger partial charge in [-0.05, 0) is 63.2 Å². The van der Waals surface area contributed by atoms with Gasteiger partial charge < -0.3 is 15.5 Å². The van der Waals surface area contributed by atoms with E-state index < -0.39 is 0 Å². The lowest BCUT2D eigenvalue weighted by atomic mass is 9.93. The molecule has 4 nitrogen and oxygen atoms in total. The standard InChI is InChI=1S/C18H27N3O/c22-18(8-7-15-9-11-19-12-10-15)20-16-5-1-2-6-17(16)21-13-3-4-14-21/h1-2,5-6,15,19H,3-4,7-14H2,(H,20,22). The molecule has 22 heavy (non-hydrogen) atoms. The van der Waals surface area contributed by atoms with E-state index in [0.29, 0.717) is 12.3 Å². The van der Waals surface area contributed by atoms with Crippen molar-refractivity contribution >= 4 is 17.3 Å². The van der Waals surface area contributed by atoms with Gasteiger partial charge >= 0.3 is 0 Å². The Labute approximate surface area is 133 Å². The zero-order valence-electron chi connectivity index (χ0n) is 13.3. The van der Waals surface area contributed by atoms with E-state index in [1.54, 1.807) is 0 Å². The van der Waals surface area contributed by atoms with Gasteiger partial charge in [0.15, 0.2) is 0 Å². The maximum atomic E-state index is 12.3. The van der Waals surface area contributed by atoms with E-state index >= 15 is 0 Å². The number of hydrogen-bond donors (Lipinski definition) is 2. The SMILES string of the molecule is O=C(CCC1CCNCC1)Nc1ccccc1N1CCCC1. The fourth-order valence-corrected chi connectivity index (χ4v) is 3.53. The smallest absolute Gasteiger partial charge is 0.224 e. The van der Waals surface area contributed by atoms with Crippen molar-refractivity contribution in [1.82, 2.24) is 5.32 Å². The Morgan fingerprint density at radius 2 is 1.91 bits per heavy atom. The molecule has 0 radical (unpaired) electrons. The lowest BCUT2D eigenvalue weighted by Crippen LogP contribution is -2.28. The van der Waals surface area contributed by atoms with Crippen LogP contribution in [-0.4, -0.2) is 32.1 Å². The average Bonchev–Trinajstić information content (AvgIpc) is 3.09. The van der Waals surface area contributed by atoms with E-state index in [-0.39, 0.29) is 5.91 Å². The van der Waals surface area contributed by atoms with Crippen LogP contribution in [0.2, 0.25) is 0 Å². The minimum absolute atomic E-state index is 0.158. The Kier molecular flexibility index (Phi) is 5.33. The highest BCUT2D eigenvalue weighted by atomic mass is 16.1. The van der Waals surface area contributed by atoms with Crippen molar-refractivity contribution in [3.8, 4) is 0 Å². The minimum atomic E-state index is 0.158. The second kappa shape index (κ2) is 7.63. The lowest BCUT2D eigenvalue weighted by molar-refractivity contribution is -0.116. The van der Waals surface area contributed by atoms with Gasteiger partial charge in [-0.2, -0.15) is 0 Å². The summed E-state index contributed by atoms with van der Waals surface area (Å²) in [6.45, 7) is 4.40. The molecule has 2 fully saturated rings. The van der Waals surface area contributed by atoms with Crippen LogP contribution in [0.25, 0.3) is 0 Å². The predicted octanol–water partition coefficient (Wildman–Crippen LogP) is 3.01. The summed E-state index contributed by atoms with van der Waals surface area (Å²) in [5.41, 5.74) is 2.15. The molecule has 120 valence electrons. The molecule has 4 heteroatoms. The molecular weight excluding hydrogens is 274 g/mol. The second-order valence-electron chi connectivity index (χ2n) is 6.49. The van der Waals surface area contributed by atoms with Gasteiger partial charge in [-0.25, -0.2) is 0 Å². The molecule has 0 aliphatic carbocycles. The predicted molar refractivity (Wildman–Crippen MR) is 91.3 cm³/mol. The van der Waals surface area contributed by atoms with Gasteiger partial charge in [-0.1, -0.05) is 12.1 Å². The molecule has 2 N–H and O–H groups in total. The molecule has 0 spiro atoms. The highest BCUT2D eigenvalue weighted by Crippen LogP contribution is 2.29. The molecule has 0 atom stereocenters. The number of nitrogens with one attached hydrogen (secondary N) is 2. The van der Waals surface area contributed by atoms with Gasteiger partial charge in [-0.15, -0.1) is 0 Å². The third-order valence-electron chi connectivity index (χ3n) is 4.86. The highest BCUT2D eigenvalue weighted by molar-refractivity contribution is 5.94. The molecule has 0 saturated carbocycles. The highest BCUT2D eigenvalue weighted by Gasteiger charge is 2.18. The summed E-state index contributed by atoms with van der Waals surface area (Å²) < 4.78 is 0. The Morgan fingerprint density at radius 1 is 1.18 bits per heavy atom. The van der Waals surface area contributed by atoms with E-state index in [4.69, 9.17) is 0 Å². The summed E-state index contributed by atoms with van der Waals surface area (Å²) >= 11 is 0. The van der Waals surface area contributed by atoms with Crippen molar-refractivity contribution in [3.05, 3.63) is 24.3 Å². The van der Waals surface area contributed by atoms with Gasteiger partial charge in [0.1, 0.15) is 0 Å². The first-order chi connectivity index (χ1) is 10.8. The fourth-order valence-electron chi connectivity index (χ4n) is 3.53. The Morgan fingerprint density at radius 3 is 2.68 bits per heavy atom. The monoisotopic (exact) mass is 301 g/mol. The van der Waals surface area contributed by atoms with Crippen molar-refractivity contribution < 1.29 is 4.79 Å². The summed E-state index contributed by atoms with van der Waals surface area (Å²) in [5.74, 6) is 0.867. The van der Waals surface area contributed by atoms with E-state index in [2.05, 4.69) is 27.7 Å². The number of carbonyl (C=O) groups excluding carboxylic acids is 1. The molecule has 1 amide bonds. The summed E-state index contributed by atoms with van der Waals surface area (Å²) in [6.07, 6.45) is 6.56. The molecule has 2 aliphatic rings. The molecule has 3 rings (SSSR count). The number of carbonyl (C=O) groups is 1. The van der Waals surface area contributed by atoms with Crippen LogP contribution in [-0.2, 0) is 4.79 Å². The van der Waals surface area contributed by atoms with Crippen molar-refractivity contribution in [2.24, 2.45) is 5.92 Å². The molecule has 1 aromatic rings. The first-order valence-corrected chi connectivity index (χ1v) is 8.67. The van der Waals surface area contributed by atoms with Crippen LogP contribution in [0.15, 0.2) is 24.3 Å². The molecule has 2 heterocycles. The summed E-state index contributed by atoms with van der Waals surface area (Å²) in [6, 6.07) is 8.20. The van der Waals surface area contributed by atoms with Crippen LogP contribution >= 0.6 is 0 Å². The van der Waals surface area contributed by atoms with E-state index in [0.717, 1.165) is 38.3 Å². The Bertz CT molecular complexity index is 491. The van der Waals surface area contributed by atoms with Crippen LogP contribution < -0.4 is 15.5 Å². The van der Waals surface area contributed by atoms with Crippen LogP contribution in [0, 0.1) is 5.92 Å². The summed E-state index contributed by atoms with van der Waals surface area (Å²) in [4.78, 5) is 14.7. The largest absolute Gasteiger partial charge is 0.370 e. The van der Waals surface area contributed by atoms with Gasteiger partial charge in [0.2, 0.25) is 5.91 Å². The fraction of sp³-hybridized carbons (Fsp3) is 0.611. The van der Waals surface area contributed by atoms with Gasteiger partial charge in [-0.3, -0.25) is 4.79 Å². The van der Waals surface area contributed by atoms with Gasteiger partial charge in [0, 0.05) is 19.5 Å². The maximum Gasteiger partial charge on any atom is 0.224 e. The molecular formula is C18H27N3O. The van der Waals surface area contributed by atoms with Crippen LogP contribution in [0.3, 0.4) is 0 Å². The Hall–Kier alpha value is -1.55. The summed E-state index contributed by atoms with van der Waals surface area (Å²) in [7, 11) is 0. The number of amides is 1. The van der Waals surface area contributed by atoms with E-state index in [9.17, 15) is 4.79 Å². The first-order valence-electron chi connectivity index (χ1n) is 8.67. The van der Waals surface area contributed by atoms with Crippen molar-refractivity contribution in [2.45, 2.75) is 38.5 Å². The zero-order valence-corrected chi connectivity index (χ0v) is 13.3. The van der Waals surface area contributed by atoms with E-state index in [1.165, 1.54) is 31.4 Å². The van der Waals surface area contributed by atoms with Gasteiger partial charge in [0.25, 0.3) is 0 Å². The first kappa shape index (κ1) is 15.3. The Balaban J connectivity index is 1.54. The second-order valence-corrected chi connectivity index (χ2v) is 6.49. The molecule has 0 bridgehead atoms. The number of hydrogen-bond acceptors (Lipinski definition) is 3. The molecule has 1 aromatic carbocycles. The normalized spacial score (nSPS) is 19.4. The third-order valence-corrected chi connectivity index (χ3v) is 4.86. The topological polar surface area (TPSA) is 44.4 Å². The molecule has 0 aromatic heterocycles. The molecule has 0 unspecified atom stereocenters. The number of benzene rings is 1. The van der Waals surface area contributed by atoms with Crippen molar-refractivity contribution in [2.75, 3.05) is 36.4 Å². The van der Waals surface area contributed by atoms with Crippen molar-refractivity contribution in [1.29, 1.82) is 0 Å².